The van der Waals surface area contributed by atoms with Crippen molar-refractivity contribution < 1.29 is 4.74 Å². The summed E-state index contributed by atoms with van der Waals surface area (Å²) in [5.41, 5.74) is 2.05. The standard InChI is InChI=1S/C17H23N3O/c1-4-12-18-13-14-8-7-11-17(19-14)20(2)15-9-5-6-10-16(15)21-3/h5-11,18H,4,12-13H2,1-3H3. The molecule has 1 heterocycles. The van der Waals surface area contributed by atoms with E-state index in [1.807, 2.05) is 54.4 Å². The molecule has 0 fully saturated rings. The van der Waals surface area contributed by atoms with E-state index >= 15 is 0 Å². The SMILES string of the molecule is CCCNCc1cccc(N(C)c2ccccc2OC)n1. The van der Waals surface area contributed by atoms with Gasteiger partial charge in [0.05, 0.1) is 18.5 Å². The molecule has 112 valence electrons. The summed E-state index contributed by atoms with van der Waals surface area (Å²) in [4.78, 5) is 6.75. The van der Waals surface area contributed by atoms with Crippen molar-refractivity contribution in [2.75, 3.05) is 25.6 Å². The second-order valence-electron chi connectivity index (χ2n) is 4.89. The van der Waals surface area contributed by atoms with Gasteiger partial charge in [0.1, 0.15) is 11.6 Å². The van der Waals surface area contributed by atoms with E-state index in [1.165, 1.54) is 0 Å². The first-order valence-electron chi connectivity index (χ1n) is 7.29. The Morgan fingerprint density at radius 3 is 2.71 bits per heavy atom. The zero-order chi connectivity index (χ0) is 15.1. The van der Waals surface area contributed by atoms with Gasteiger partial charge in [0.2, 0.25) is 0 Å². The smallest absolute Gasteiger partial charge is 0.142 e. The van der Waals surface area contributed by atoms with Crippen LogP contribution in [0.25, 0.3) is 0 Å². The van der Waals surface area contributed by atoms with Crippen LogP contribution in [0.1, 0.15) is 19.0 Å². The lowest BCUT2D eigenvalue weighted by Crippen LogP contribution is -2.17. The second-order valence-corrected chi connectivity index (χ2v) is 4.89. The zero-order valence-corrected chi connectivity index (χ0v) is 13.0. The van der Waals surface area contributed by atoms with Crippen molar-refractivity contribution in [1.29, 1.82) is 0 Å². The molecule has 0 spiro atoms. The molecule has 0 unspecified atom stereocenters. The number of pyridine rings is 1. The summed E-state index contributed by atoms with van der Waals surface area (Å²) in [7, 11) is 3.69. The summed E-state index contributed by atoms with van der Waals surface area (Å²) in [6, 6.07) is 14.0. The molecular weight excluding hydrogens is 262 g/mol. The summed E-state index contributed by atoms with van der Waals surface area (Å²) < 4.78 is 5.42. The number of benzene rings is 1. The van der Waals surface area contributed by atoms with Gasteiger partial charge < -0.3 is 15.0 Å². The molecule has 2 aromatic rings. The van der Waals surface area contributed by atoms with Gasteiger partial charge in [-0.2, -0.15) is 0 Å². The topological polar surface area (TPSA) is 37.4 Å². The molecule has 1 aromatic carbocycles. The first kappa shape index (κ1) is 15.3. The highest BCUT2D eigenvalue weighted by molar-refractivity contribution is 5.66. The maximum atomic E-state index is 5.42. The monoisotopic (exact) mass is 285 g/mol. The maximum Gasteiger partial charge on any atom is 0.142 e. The Labute approximate surface area is 126 Å². The number of nitrogens with one attached hydrogen (secondary N) is 1. The van der Waals surface area contributed by atoms with Crippen LogP contribution < -0.4 is 15.0 Å². The third-order valence-corrected chi connectivity index (χ3v) is 3.32. The predicted octanol–water partition coefficient (Wildman–Crippen LogP) is 3.36. The lowest BCUT2D eigenvalue weighted by atomic mass is 10.2. The van der Waals surface area contributed by atoms with Crippen molar-refractivity contribution in [3.8, 4) is 5.75 Å². The van der Waals surface area contributed by atoms with E-state index < -0.39 is 0 Å². The molecule has 4 nitrogen and oxygen atoms in total. The fourth-order valence-corrected chi connectivity index (χ4v) is 2.18. The van der Waals surface area contributed by atoms with E-state index in [0.717, 1.165) is 42.5 Å². The normalized spacial score (nSPS) is 10.4. The summed E-state index contributed by atoms with van der Waals surface area (Å²) >= 11 is 0. The molecular formula is C17H23N3O. The van der Waals surface area contributed by atoms with Crippen molar-refractivity contribution in [2.24, 2.45) is 0 Å². The van der Waals surface area contributed by atoms with Gasteiger partial charge in [0, 0.05) is 13.6 Å². The van der Waals surface area contributed by atoms with E-state index in [9.17, 15) is 0 Å². The molecule has 0 aliphatic rings. The third-order valence-electron chi connectivity index (χ3n) is 3.32. The maximum absolute atomic E-state index is 5.42. The first-order valence-corrected chi connectivity index (χ1v) is 7.29. The molecule has 0 saturated heterocycles. The number of hydrogen-bond donors (Lipinski definition) is 1. The zero-order valence-electron chi connectivity index (χ0n) is 13.0. The highest BCUT2D eigenvalue weighted by Crippen LogP contribution is 2.31. The number of ether oxygens (including phenoxy) is 1. The fourth-order valence-electron chi connectivity index (χ4n) is 2.18. The van der Waals surface area contributed by atoms with Crippen LogP contribution in [-0.2, 0) is 6.54 Å². The Morgan fingerprint density at radius 1 is 1.14 bits per heavy atom. The largest absolute Gasteiger partial charge is 0.495 e. The van der Waals surface area contributed by atoms with Gasteiger partial charge >= 0.3 is 0 Å². The Balaban J connectivity index is 2.18. The van der Waals surface area contributed by atoms with Gasteiger partial charge in [-0.3, -0.25) is 0 Å². The number of para-hydroxylation sites is 2. The molecule has 0 amide bonds. The van der Waals surface area contributed by atoms with Crippen LogP contribution >= 0.6 is 0 Å². The number of hydrogen-bond acceptors (Lipinski definition) is 4. The van der Waals surface area contributed by atoms with E-state index in [1.54, 1.807) is 7.11 Å². The lowest BCUT2D eigenvalue weighted by Gasteiger charge is -2.21. The highest BCUT2D eigenvalue weighted by Gasteiger charge is 2.10. The molecule has 1 aromatic heterocycles. The number of nitrogens with zero attached hydrogens (tertiary/aromatic N) is 2. The minimum Gasteiger partial charge on any atom is -0.495 e. The molecule has 4 heteroatoms. The van der Waals surface area contributed by atoms with Crippen LogP contribution in [-0.4, -0.2) is 25.7 Å². The quantitative estimate of drug-likeness (QED) is 0.792. The number of rotatable bonds is 7. The van der Waals surface area contributed by atoms with Crippen LogP contribution in [0.4, 0.5) is 11.5 Å². The van der Waals surface area contributed by atoms with Crippen molar-refractivity contribution in [3.63, 3.8) is 0 Å². The van der Waals surface area contributed by atoms with Gasteiger partial charge in [-0.25, -0.2) is 4.98 Å². The Kier molecular flexibility index (Phi) is 5.58. The lowest BCUT2D eigenvalue weighted by molar-refractivity contribution is 0.415. The van der Waals surface area contributed by atoms with Crippen molar-refractivity contribution >= 4 is 11.5 Å². The van der Waals surface area contributed by atoms with Gasteiger partial charge in [-0.05, 0) is 37.2 Å². The number of aromatic nitrogens is 1. The highest BCUT2D eigenvalue weighted by atomic mass is 16.5. The Hall–Kier alpha value is -2.07. The fraction of sp³-hybridized carbons (Fsp3) is 0.353. The van der Waals surface area contributed by atoms with Crippen LogP contribution in [0, 0.1) is 0 Å². The predicted molar refractivity (Wildman–Crippen MR) is 87.3 cm³/mol. The van der Waals surface area contributed by atoms with Crippen molar-refractivity contribution in [3.05, 3.63) is 48.2 Å². The summed E-state index contributed by atoms with van der Waals surface area (Å²) in [5.74, 6) is 1.76. The molecule has 1 N–H and O–H groups in total. The number of methoxy groups -OCH3 is 1. The minimum absolute atomic E-state index is 0.793. The summed E-state index contributed by atoms with van der Waals surface area (Å²) in [6.45, 7) is 3.96. The molecule has 0 aliphatic carbocycles. The minimum atomic E-state index is 0.793. The van der Waals surface area contributed by atoms with E-state index in [4.69, 9.17) is 9.72 Å². The molecule has 0 aliphatic heterocycles. The van der Waals surface area contributed by atoms with E-state index in [-0.39, 0.29) is 0 Å². The van der Waals surface area contributed by atoms with Crippen LogP contribution in [0.5, 0.6) is 5.75 Å². The Morgan fingerprint density at radius 2 is 1.95 bits per heavy atom. The van der Waals surface area contributed by atoms with Crippen LogP contribution in [0.15, 0.2) is 42.5 Å². The second kappa shape index (κ2) is 7.64. The van der Waals surface area contributed by atoms with Crippen LogP contribution in [0.3, 0.4) is 0 Å². The third kappa shape index (κ3) is 3.95. The van der Waals surface area contributed by atoms with Crippen LogP contribution in [0.2, 0.25) is 0 Å². The van der Waals surface area contributed by atoms with Gasteiger partial charge in [-0.15, -0.1) is 0 Å². The molecule has 0 bridgehead atoms. The van der Waals surface area contributed by atoms with Gasteiger partial charge in [0.25, 0.3) is 0 Å². The van der Waals surface area contributed by atoms with Gasteiger partial charge in [0.15, 0.2) is 0 Å². The summed E-state index contributed by atoms with van der Waals surface area (Å²) in [5, 5.41) is 3.37. The van der Waals surface area contributed by atoms with E-state index in [2.05, 4.69) is 12.2 Å². The summed E-state index contributed by atoms with van der Waals surface area (Å²) in [6.07, 6.45) is 1.13. The molecule has 0 radical (unpaired) electrons. The van der Waals surface area contributed by atoms with E-state index in [0.29, 0.717) is 0 Å². The molecule has 2 rings (SSSR count). The molecule has 0 saturated carbocycles. The van der Waals surface area contributed by atoms with Crippen molar-refractivity contribution in [1.82, 2.24) is 10.3 Å². The average molecular weight is 285 g/mol. The van der Waals surface area contributed by atoms with Gasteiger partial charge in [-0.1, -0.05) is 25.1 Å². The first-order chi connectivity index (χ1) is 10.3. The molecule has 0 atom stereocenters. The molecule has 21 heavy (non-hydrogen) atoms. The van der Waals surface area contributed by atoms with Crippen molar-refractivity contribution in [2.45, 2.75) is 19.9 Å². The average Bonchev–Trinajstić information content (AvgIpc) is 2.54. The number of anilines is 2. The Bertz CT molecular complexity index is 571.